The molecule has 5 heteroatoms. The van der Waals surface area contributed by atoms with Gasteiger partial charge in [-0.2, -0.15) is 0 Å². The molecule has 0 saturated carbocycles. The Labute approximate surface area is 114 Å². The molecule has 0 spiro atoms. The third kappa shape index (κ3) is 4.30. The van der Waals surface area contributed by atoms with Gasteiger partial charge >= 0.3 is 0 Å². The summed E-state index contributed by atoms with van der Waals surface area (Å²) in [6, 6.07) is 7.56. The van der Waals surface area contributed by atoms with Gasteiger partial charge in [0, 0.05) is 20.1 Å². The van der Waals surface area contributed by atoms with E-state index in [1.54, 1.807) is 19.2 Å². The van der Waals surface area contributed by atoms with Crippen molar-refractivity contribution in [2.24, 2.45) is 0 Å². The summed E-state index contributed by atoms with van der Waals surface area (Å²) in [6.07, 6.45) is 0. The van der Waals surface area contributed by atoms with Crippen LogP contribution in [0.15, 0.2) is 36.5 Å². The second-order valence-electron chi connectivity index (χ2n) is 3.95. The van der Waals surface area contributed by atoms with E-state index in [-0.39, 0.29) is 5.91 Å². The molecule has 0 atom stereocenters. The fourth-order valence-corrected chi connectivity index (χ4v) is 1.63. The van der Waals surface area contributed by atoms with E-state index in [1.165, 1.54) is 0 Å². The van der Waals surface area contributed by atoms with Gasteiger partial charge in [0.25, 0.3) is 5.91 Å². The molecular weight excluding hydrogens is 242 g/mol. The van der Waals surface area contributed by atoms with E-state index in [1.807, 2.05) is 31.2 Å². The number of methoxy groups -OCH3 is 1. The van der Waals surface area contributed by atoms with E-state index >= 15 is 0 Å². The Balaban J connectivity index is 2.51. The van der Waals surface area contributed by atoms with Gasteiger partial charge in [-0.05, 0) is 24.6 Å². The lowest BCUT2D eigenvalue weighted by atomic mass is 10.2. The molecule has 0 unspecified atom stereocenters. The quantitative estimate of drug-likeness (QED) is 0.575. The molecule has 0 saturated heterocycles. The molecule has 0 aliphatic heterocycles. The van der Waals surface area contributed by atoms with Crippen LogP contribution in [0.2, 0.25) is 0 Å². The molecule has 1 aromatic carbocycles. The van der Waals surface area contributed by atoms with Crippen molar-refractivity contribution in [3.63, 3.8) is 0 Å². The van der Waals surface area contributed by atoms with Crippen molar-refractivity contribution in [3.8, 4) is 5.75 Å². The molecule has 0 bridgehead atoms. The first kappa shape index (κ1) is 15.0. The average Bonchev–Trinajstić information content (AvgIpc) is 2.46. The van der Waals surface area contributed by atoms with Gasteiger partial charge < -0.3 is 15.1 Å². The maximum atomic E-state index is 11.9. The number of likely N-dealkylation sites (N-methyl/N-ethyl adjacent to an activating group) is 1. The van der Waals surface area contributed by atoms with Crippen molar-refractivity contribution < 1.29 is 9.53 Å². The molecule has 0 aliphatic carbocycles. The number of hydrazine groups is 1. The molecule has 1 amide bonds. The number of carbonyl (C=O) groups is 1. The van der Waals surface area contributed by atoms with E-state index in [9.17, 15) is 4.79 Å². The summed E-state index contributed by atoms with van der Waals surface area (Å²) in [5.74, 6) is 0.610. The number of rotatable bonds is 7. The van der Waals surface area contributed by atoms with Gasteiger partial charge in [0.2, 0.25) is 0 Å². The van der Waals surface area contributed by atoms with Crippen LogP contribution in [0.3, 0.4) is 0 Å². The Kier molecular flexibility index (Phi) is 5.89. The van der Waals surface area contributed by atoms with Gasteiger partial charge in [-0.1, -0.05) is 18.7 Å². The fraction of sp³-hybridized carbons (Fsp3) is 0.357. The van der Waals surface area contributed by atoms with Crippen LogP contribution in [-0.4, -0.2) is 31.6 Å². The van der Waals surface area contributed by atoms with Crippen LogP contribution in [0.4, 0.5) is 0 Å². The van der Waals surface area contributed by atoms with Crippen LogP contribution in [0.1, 0.15) is 12.5 Å². The number of hydrogen-bond acceptors (Lipinski definition) is 4. The Morgan fingerprint density at radius 2 is 2.00 bits per heavy atom. The van der Waals surface area contributed by atoms with Crippen LogP contribution < -0.4 is 15.5 Å². The molecule has 19 heavy (non-hydrogen) atoms. The normalized spacial score (nSPS) is 9.84. The monoisotopic (exact) mass is 263 g/mol. The second-order valence-corrected chi connectivity index (χ2v) is 3.95. The zero-order valence-electron chi connectivity index (χ0n) is 11.7. The van der Waals surface area contributed by atoms with Crippen molar-refractivity contribution in [3.05, 3.63) is 42.1 Å². The van der Waals surface area contributed by atoms with E-state index < -0.39 is 0 Å². The fourth-order valence-electron chi connectivity index (χ4n) is 1.63. The number of carbonyl (C=O) groups excluding carboxylic acids is 1. The predicted octanol–water partition coefficient (Wildman–Crippen LogP) is 1.28. The maximum Gasteiger partial charge on any atom is 0.268 e. The minimum Gasteiger partial charge on any atom is -0.497 e. The van der Waals surface area contributed by atoms with Crippen LogP contribution in [-0.2, 0) is 11.3 Å². The highest BCUT2D eigenvalue weighted by atomic mass is 16.5. The number of hydrogen-bond donors (Lipinski definition) is 2. The van der Waals surface area contributed by atoms with Gasteiger partial charge in [-0.25, -0.2) is 5.43 Å². The third-order valence-electron chi connectivity index (χ3n) is 2.79. The summed E-state index contributed by atoms with van der Waals surface area (Å²) in [5, 5.41) is 4.51. The smallest absolute Gasteiger partial charge is 0.268 e. The Bertz CT molecular complexity index is 425. The first-order chi connectivity index (χ1) is 9.12. The first-order valence-corrected chi connectivity index (χ1v) is 6.17. The molecule has 2 N–H and O–H groups in total. The lowest BCUT2D eigenvalue weighted by Crippen LogP contribution is -2.40. The second kappa shape index (κ2) is 7.43. The molecule has 104 valence electrons. The van der Waals surface area contributed by atoms with Crippen LogP contribution >= 0.6 is 0 Å². The van der Waals surface area contributed by atoms with Gasteiger partial charge in [0.05, 0.1) is 7.11 Å². The summed E-state index contributed by atoms with van der Waals surface area (Å²) in [7, 11) is 3.38. The van der Waals surface area contributed by atoms with Crippen molar-refractivity contribution in [1.82, 2.24) is 15.8 Å². The van der Waals surface area contributed by atoms with Crippen LogP contribution in [0, 0.1) is 0 Å². The van der Waals surface area contributed by atoms with Crippen molar-refractivity contribution in [1.29, 1.82) is 0 Å². The lowest BCUT2D eigenvalue weighted by Gasteiger charge is -2.22. The molecule has 0 radical (unpaired) electrons. The van der Waals surface area contributed by atoms with Gasteiger partial charge in [0.1, 0.15) is 11.4 Å². The first-order valence-electron chi connectivity index (χ1n) is 6.17. The highest BCUT2D eigenvalue weighted by Crippen LogP contribution is 2.11. The molecule has 1 rings (SSSR count). The lowest BCUT2D eigenvalue weighted by molar-refractivity contribution is -0.119. The maximum absolute atomic E-state index is 11.9. The molecule has 5 nitrogen and oxygen atoms in total. The van der Waals surface area contributed by atoms with Crippen LogP contribution in [0.25, 0.3) is 0 Å². The Hall–Kier alpha value is -2.01. The minimum atomic E-state index is -0.188. The number of nitrogens with zero attached hydrogens (tertiary/aromatic N) is 1. The molecular formula is C14H21N3O2. The molecule has 0 aromatic heterocycles. The standard InChI is InChI=1S/C14H21N3O2/c1-5-17(15-3)11(2)14(18)16-10-12-6-8-13(19-4)9-7-12/h6-9,15H,2,5,10H2,1,3-4H3,(H,16,18). The van der Waals surface area contributed by atoms with Crippen molar-refractivity contribution in [2.75, 3.05) is 20.7 Å². The van der Waals surface area contributed by atoms with E-state index in [0.29, 0.717) is 18.8 Å². The van der Waals surface area contributed by atoms with Crippen molar-refractivity contribution >= 4 is 5.91 Å². The average molecular weight is 263 g/mol. The van der Waals surface area contributed by atoms with E-state index in [2.05, 4.69) is 17.3 Å². The van der Waals surface area contributed by atoms with E-state index in [0.717, 1.165) is 11.3 Å². The predicted molar refractivity (Wildman–Crippen MR) is 75.4 cm³/mol. The molecule has 0 heterocycles. The summed E-state index contributed by atoms with van der Waals surface area (Å²) >= 11 is 0. The van der Waals surface area contributed by atoms with E-state index in [4.69, 9.17) is 4.74 Å². The van der Waals surface area contributed by atoms with Crippen molar-refractivity contribution in [2.45, 2.75) is 13.5 Å². The Morgan fingerprint density at radius 1 is 1.37 bits per heavy atom. The topological polar surface area (TPSA) is 53.6 Å². The summed E-state index contributed by atoms with van der Waals surface area (Å²) in [6.45, 7) is 6.84. The molecule has 0 fully saturated rings. The number of amides is 1. The summed E-state index contributed by atoms with van der Waals surface area (Å²) in [4.78, 5) is 11.9. The number of ether oxygens (including phenoxy) is 1. The summed E-state index contributed by atoms with van der Waals surface area (Å²) < 4.78 is 5.08. The highest BCUT2D eigenvalue weighted by molar-refractivity contribution is 5.91. The Morgan fingerprint density at radius 3 is 2.47 bits per heavy atom. The third-order valence-corrected chi connectivity index (χ3v) is 2.79. The molecule has 1 aromatic rings. The number of nitrogens with one attached hydrogen (secondary N) is 2. The zero-order valence-corrected chi connectivity index (χ0v) is 11.7. The largest absolute Gasteiger partial charge is 0.497 e. The molecule has 0 aliphatic rings. The highest BCUT2D eigenvalue weighted by Gasteiger charge is 2.11. The van der Waals surface area contributed by atoms with Gasteiger partial charge in [-0.15, -0.1) is 0 Å². The van der Waals surface area contributed by atoms with Crippen LogP contribution in [0.5, 0.6) is 5.75 Å². The SMILES string of the molecule is C=C(C(=O)NCc1ccc(OC)cc1)N(CC)NC. The number of benzene rings is 1. The van der Waals surface area contributed by atoms with Gasteiger partial charge in [-0.3, -0.25) is 4.79 Å². The zero-order chi connectivity index (χ0) is 14.3. The van der Waals surface area contributed by atoms with Gasteiger partial charge in [0.15, 0.2) is 0 Å². The summed E-state index contributed by atoms with van der Waals surface area (Å²) in [5.41, 5.74) is 4.31. The minimum absolute atomic E-state index is 0.188.